The Morgan fingerprint density at radius 1 is 1.16 bits per heavy atom. The van der Waals surface area contributed by atoms with Crippen LogP contribution in [0.25, 0.3) is 27.5 Å². The molecule has 3 aromatic carbocycles. The van der Waals surface area contributed by atoms with Gasteiger partial charge in [0.25, 0.3) is 0 Å². The van der Waals surface area contributed by atoms with E-state index in [9.17, 15) is 0 Å². The molecule has 158 valence electrons. The predicted molar refractivity (Wildman–Crippen MR) is 126 cm³/mol. The molecular formula is C25H27N5O. The standard InChI is InChI=1S/C25H27N5O/c1-15-12-18(31-17-6-5-11-28-14-17)13-23-24(15)29-16(2)30(23)22-10-9-21(25(26)27)19-7-3-4-8-20(19)22/h3-4,7-10,12-13,17,28H,5-6,11,14H2,1-2H3,(H3,26,27). The fourth-order valence-electron chi connectivity index (χ4n) is 4.63. The van der Waals surface area contributed by atoms with Crippen LogP contribution >= 0.6 is 0 Å². The number of nitrogens with zero attached hydrogens (tertiary/aromatic N) is 2. The summed E-state index contributed by atoms with van der Waals surface area (Å²) < 4.78 is 8.52. The zero-order chi connectivity index (χ0) is 21.5. The smallest absolute Gasteiger partial charge is 0.123 e. The number of benzene rings is 3. The van der Waals surface area contributed by atoms with Crippen molar-refractivity contribution in [2.75, 3.05) is 13.1 Å². The molecule has 1 saturated heterocycles. The van der Waals surface area contributed by atoms with Gasteiger partial charge in [-0.3, -0.25) is 9.98 Å². The van der Waals surface area contributed by atoms with Gasteiger partial charge in [0.05, 0.1) is 16.7 Å². The maximum atomic E-state index is 7.95. The average molecular weight is 414 g/mol. The molecule has 2 heterocycles. The minimum Gasteiger partial charge on any atom is -0.489 e. The van der Waals surface area contributed by atoms with Crippen LogP contribution in [0.4, 0.5) is 0 Å². The Labute approximate surface area is 181 Å². The highest BCUT2D eigenvalue weighted by Gasteiger charge is 2.19. The molecule has 0 saturated carbocycles. The van der Waals surface area contributed by atoms with E-state index in [0.29, 0.717) is 0 Å². The van der Waals surface area contributed by atoms with Crippen LogP contribution in [0.1, 0.15) is 29.8 Å². The zero-order valence-corrected chi connectivity index (χ0v) is 17.9. The number of imidazole rings is 1. The highest BCUT2D eigenvalue weighted by Crippen LogP contribution is 2.33. The third-order valence-corrected chi connectivity index (χ3v) is 6.08. The van der Waals surface area contributed by atoms with Crippen LogP contribution in [0.3, 0.4) is 0 Å². The van der Waals surface area contributed by atoms with E-state index in [2.05, 4.69) is 35.0 Å². The van der Waals surface area contributed by atoms with E-state index in [1.807, 2.05) is 37.3 Å². The summed E-state index contributed by atoms with van der Waals surface area (Å²) in [5, 5.41) is 13.4. The van der Waals surface area contributed by atoms with Crippen molar-refractivity contribution in [3.05, 3.63) is 65.5 Å². The van der Waals surface area contributed by atoms with Crippen LogP contribution in [0.15, 0.2) is 48.5 Å². The zero-order valence-electron chi connectivity index (χ0n) is 17.9. The first-order valence-electron chi connectivity index (χ1n) is 10.8. The van der Waals surface area contributed by atoms with Crippen molar-refractivity contribution in [2.24, 2.45) is 5.73 Å². The average Bonchev–Trinajstić information content (AvgIpc) is 3.10. The van der Waals surface area contributed by atoms with Crippen LogP contribution in [0.5, 0.6) is 5.75 Å². The molecule has 5 rings (SSSR count). The highest BCUT2D eigenvalue weighted by atomic mass is 16.5. The summed E-state index contributed by atoms with van der Waals surface area (Å²) in [6.45, 7) is 6.06. The Morgan fingerprint density at radius 3 is 2.71 bits per heavy atom. The molecule has 1 atom stereocenters. The molecule has 4 aromatic rings. The Morgan fingerprint density at radius 2 is 1.97 bits per heavy atom. The van der Waals surface area contributed by atoms with E-state index in [1.165, 1.54) is 0 Å². The number of hydrogen-bond donors (Lipinski definition) is 3. The summed E-state index contributed by atoms with van der Waals surface area (Å²) in [5.74, 6) is 1.86. The van der Waals surface area contributed by atoms with E-state index in [4.69, 9.17) is 20.9 Å². The fourth-order valence-corrected chi connectivity index (χ4v) is 4.63. The third-order valence-electron chi connectivity index (χ3n) is 6.08. The number of piperidine rings is 1. The lowest BCUT2D eigenvalue weighted by atomic mass is 10.0. The van der Waals surface area contributed by atoms with Crippen molar-refractivity contribution in [1.82, 2.24) is 14.9 Å². The number of fused-ring (bicyclic) bond motifs is 2. The maximum Gasteiger partial charge on any atom is 0.123 e. The van der Waals surface area contributed by atoms with Crippen molar-refractivity contribution in [3.8, 4) is 11.4 Å². The molecule has 0 amide bonds. The number of rotatable bonds is 4. The molecule has 6 heteroatoms. The number of nitrogen functional groups attached to an aromatic ring is 1. The fraction of sp³-hybridized carbons (Fsp3) is 0.280. The molecule has 0 aliphatic carbocycles. The lowest BCUT2D eigenvalue weighted by Gasteiger charge is -2.24. The van der Waals surface area contributed by atoms with E-state index in [1.54, 1.807) is 0 Å². The van der Waals surface area contributed by atoms with Gasteiger partial charge < -0.3 is 15.8 Å². The van der Waals surface area contributed by atoms with Crippen molar-refractivity contribution in [3.63, 3.8) is 0 Å². The van der Waals surface area contributed by atoms with Crippen LogP contribution in [0.2, 0.25) is 0 Å². The molecule has 0 bridgehead atoms. The van der Waals surface area contributed by atoms with Crippen molar-refractivity contribution in [2.45, 2.75) is 32.8 Å². The van der Waals surface area contributed by atoms with Gasteiger partial charge >= 0.3 is 0 Å². The Hall–Kier alpha value is -3.38. The maximum absolute atomic E-state index is 7.95. The van der Waals surface area contributed by atoms with Gasteiger partial charge in [-0.1, -0.05) is 24.3 Å². The van der Waals surface area contributed by atoms with Gasteiger partial charge in [0.15, 0.2) is 0 Å². The normalized spacial score (nSPS) is 16.6. The molecule has 0 radical (unpaired) electrons. The Balaban J connectivity index is 1.69. The number of hydrogen-bond acceptors (Lipinski definition) is 4. The van der Waals surface area contributed by atoms with Gasteiger partial charge in [0.1, 0.15) is 23.5 Å². The third kappa shape index (κ3) is 3.43. The molecular weight excluding hydrogens is 386 g/mol. The van der Waals surface area contributed by atoms with E-state index in [0.717, 1.165) is 76.1 Å². The largest absolute Gasteiger partial charge is 0.489 e. The van der Waals surface area contributed by atoms with E-state index < -0.39 is 0 Å². The van der Waals surface area contributed by atoms with Gasteiger partial charge in [0, 0.05) is 23.6 Å². The molecule has 1 aliphatic heterocycles. The monoisotopic (exact) mass is 413 g/mol. The van der Waals surface area contributed by atoms with Gasteiger partial charge in [-0.05, 0) is 62.4 Å². The molecule has 1 unspecified atom stereocenters. The first kappa shape index (κ1) is 19.6. The van der Waals surface area contributed by atoms with Crippen molar-refractivity contribution in [1.29, 1.82) is 5.41 Å². The summed E-state index contributed by atoms with van der Waals surface area (Å²) in [6.07, 6.45) is 2.40. The number of aryl methyl sites for hydroxylation is 2. The van der Waals surface area contributed by atoms with Gasteiger partial charge in [0.2, 0.25) is 0 Å². The minimum absolute atomic E-state index is 0.0718. The van der Waals surface area contributed by atoms with E-state index in [-0.39, 0.29) is 11.9 Å². The van der Waals surface area contributed by atoms with Crippen LogP contribution in [0, 0.1) is 19.3 Å². The number of amidine groups is 1. The van der Waals surface area contributed by atoms with Crippen molar-refractivity contribution >= 4 is 27.6 Å². The molecule has 4 N–H and O–H groups in total. The predicted octanol–water partition coefficient (Wildman–Crippen LogP) is 4.21. The first-order chi connectivity index (χ1) is 15.0. The molecule has 1 fully saturated rings. The van der Waals surface area contributed by atoms with Crippen LogP contribution in [-0.2, 0) is 0 Å². The van der Waals surface area contributed by atoms with Gasteiger partial charge in [-0.15, -0.1) is 0 Å². The molecule has 6 nitrogen and oxygen atoms in total. The summed E-state index contributed by atoms with van der Waals surface area (Å²) in [6, 6.07) is 16.2. The molecule has 1 aliphatic rings. The number of nitrogens with one attached hydrogen (secondary N) is 2. The van der Waals surface area contributed by atoms with E-state index >= 15 is 0 Å². The second-order valence-electron chi connectivity index (χ2n) is 8.28. The SMILES string of the molecule is Cc1cc(OC2CCCNC2)cc2c1nc(C)n2-c1ccc(C(=N)N)c2ccccc12. The minimum atomic E-state index is 0.0718. The Kier molecular flexibility index (Phi) is 4.87. The molecule has 0 spiro atoms. The topological polar surface area (TPSA) is 89.0 Å². The second-order valence-corrected chi connectivity index (χ2v) is 8.28. The second kappa shape index (κ2) is 7.71. The van der Waals surface area contributed by atoms with Crippen LogP contribution in [-0.4, -0.2) is 34.6 Å². The summed E-state index contributed by atoms with van der Waals surface area (Å²) in [5.41, 5.74) is 10.7. The lowest BCUT2D eigenvalue weighted by Crippen LogP contribution is -2.37. The van der Waals surface area contributed by atoms with Crippen molar-refractivity contribution < 1.29 is 4.74 Å². The number of aromatic nitrogens is 2. The summed E-state index contributed by atoms with van der Waals surface area (Å²) >= 11 is 0. The summed E-state index contributed by atoms with van der Waals surface area (Å²) in [4.78, 5) is 4.87. The number of nitrogens with two attached hydrogens (primary N) is 1. The van der Waals surface area contributed by atoms with Crippen LogP contribution < -0.4 is 15.8 Å². The first-order valence-corrected chi connectivity index (χ1v) is 10.8. The Bertz CT molecular complexity index is 1300. The lowest BCUT2D eigenvalue weighted by molar-refractivity contribution is 0.167. The quantitative estimate of drug-likeness (QED) is 0.345. The van der Waals surface area contributed by atoms with Gasteiger partial charge in [-0.25, -0.2) is 4.98 Å². The summed E-state index contributed by atoms with van der Waals surface area (Å²) in [7, 11) is 0. The molecule has 31 heavy (non-hydrogen) atoms. The molecule has 1 aromatic heterocycles. The number of ether oxygens (including phenoxy) is 1. The van der Waals surface area contributed by atoms with Gasteiger partial charge in [-0.2, -0.15) is 0 Å². The highest BCUT2D eigenvalue weighted by molar-refractivity contribution is 6.10.